The summed E-state index contributed by atoms with van der Waals surface area (Å²) in [4.78, 5) is 29.9. The molecule has 7 heteroatoms. The monoisotopic (exact) mass is 404 g/mol. The minimum Gasteiger partial charge on any atom is -0.492 e. The molecule has 1 amide bonds. The number of fused-ring (bicyclic) bond motifs is 1. The van der Waals surface area contributed by atoms with Gasteiger partial charge in [-0.2, -0.15) is 0 Å². The van der Waals surface area contributed by atoms with Crippen molar-refractivity contribution in [2.75, 3.05) is 19.8 Å². The van der Waals surface area contributed by atoms with Gasteiger partial charge in [0.15, 0.2) is 0 Å². The molecular formula is C21H25ClN2O4. The molecule has 1 aliphatic heterocycles. The van der Waals surface area contributed by atoms with E-state index in [1.807, 2.05) is 32.9 Å². The van der Waals surface area contributed by atoms with Gasteiger partial charge in [-0.3, -0.25) is 9.59 Å². The number of aryl methyl sites for hydroxylation is 2. The minimum atomic E-state index is -0.203. The predicted octanol–water partition coefficient (Wildman–Crippen LogP) is 2.85. The Hall–Kier alpha value is -2.31. The van der Waals surface area contributed by atoms with Crippen molar-refractivity contribution < 1.29 is 14.6 Å². The Labute approximate surface area is 169 Å². The minimum absolute atomic E-state index is 0.0136. The van der Waals surface area contributed by atoms with E-state index >= 15 is 0 Å². The van der Waals surface area contributed by atoms with Crippen molar-refractivity contribution in [3.63, 3.8) is 0 Å². The van der Waals surface area contributed by atoms with E-state index in [-0.39, 0.29) is 35.6 Å². The van der Waals surface area contributed by atoms with Gasteiger partial charge in [-0.15, -0.1) is 0 Å². The predicted molar refractivity (Wildman–Crippen MR) is 108 cm³/mol. The molecule has 0 fully saturated rings. The fourth-order valence-corrected chi connectivity index (χ4v) is 3.69. The zero-order valence-electron chi connectivity index (χ0n) is 16.3. The lowest BCUT2D eigenvalue weighted by Gasteiger charge is -2.30. The zero-order chi connectivity index (χ0) is 20.4. The molecule has 0 bridgehead atoms. The molecule has 1 atom stereocenters. The van der Waals surface area contributed by atoms with Gasteiger partial charge in [0.05, 0.1) is 23.7 Å². The molecule has 150 valence electrons. The number of ether oxygens (including phenoxy) is 1. The highest BCUT2D eigenvalue weighted by Gasteiger charge is 2.29. The summed E-state index contributed by atoms with van der Waals surface area (Å²) in [6.45, 7) is 6.66. The second-order valence-electron chi connectivity index (χ2n) is 7.43. The summed E-state index contributed by atoms with van der Waals surface area (Å²) in [5, 5.41) is 9.44. The molecule has 6 nitrogen and oxygen atoms in total. The number of aromatic amines is 1. The molecule has 2 N–H and O–H groups in total. The summed E-state index contributed by atoms with van der Waals surface area (Å²) in [5.74, 6) is 0.196. The van der Waals surface area contributed by atoms with Crippen molar-refractivity contribution >= 4 is 17.5 Å². The summed E-state index contributed by atoms with van der Waals surface area (Å²) >= 11 is 6.50. The normalized spacial score (nSPS) is 14.8. The van der Waals surface area contributed by atoms with E-state index in [1.54, 1.807) is 11.0 Å². The molecule has 0 aliphatic carbocycles. The largest absolute Gasteiger partial charge is 0.492 e. The third-order valence-electron chi connectivity index (χ3n) is 5.02. The maximum Gasteiger partial charge on any atom is 0.256 e. The van der Waals surface area contributed by atoms with Crippen LogP contribution >= 0.6 is 11.6 Å². The number of hydrogen-bond acceptors (Lipinski definition) is 4. The smallest absolute Gasteiger partial charge is 0.256 e. The van der Waals surface area contributed by atoms with Crippen LogP contribution in [0.1, 0.15) is 39.7 Å². The van der Waals surface area contributed by atoms with Crippen molar-refractivity contribution in [1.82, 2.24) is 9.88 Å². The Morgan fingerprint density at radius 2 is 2.07 bits per heavy atom. The molecule has 3 rings (SSSR count). The number of halogens is 1. The number of hydrogen-bond donors (Lipinski definition) is 2. The van der Waals surface area contributed by atoms with Gasteiger partial charge in [0.1, 0.15) is 5.75 Å². The van der Waals surface area contributed by atoms with E-state index < -0.39 is 0 Å². The molecule has 2 heterocycles. The van der Waals surface area contributed by atoms with Crippen LogP contribution < -0.4 is 10.3 Å². The Kier molecular flexibility index (Phi) is 6.10. The highest BCUT2D eigenvalue weighted by atomic mass is 35.5. The first-order valence-electron chi connectivity index (χ1n) is 9.35. The topological polar surface area (TPSA) is 82.6 Å². The van der Waals surface area contributed by atoms with Crippen LogP contribution in [0.2, 0.25) is 5.02 Å². The van der Waals surface area contributed by atoms with E-state index in [0.717, 1.165) is 16.8 Å². The average molecular weight is 405 g/mol. The number of amides is 1. The summed E-state index contributed by atoms with van der Waals surface area (Å²) in [7, 11) is 0. The number of nitrogens with zero attached hydrogens (tertiary/aromatic N) is 1. The Morgan fingerprint density at radius 3 is 2.75 bits per heavy atom. The summed E-state index contributed by atoms with van der Waals surface area (Å²) in [5.41, 5.74) is 3.39. The van der Waals surface area contributed by atoms with Gasteiger partial charge in [-0.05, 0) is 43.5 Å². The summed E-state index contributed by atoms with van der Waals surface area (Å²) in [6, 6.07) is 5.53. The van der Waals surface area contributed by atoms with Crippen molar-refractivity contribution in [3.05, 3.63) is 61.5 Å². The number of aliphatic hydroxyl groups excluding tert-OH is 1. The number of H-pyrrole nitrogens is 1. The Balaban J connectivity index is 1.87. The van der Waals surface area contributed by atoms with Gasteiger partial charge in [-0.25, -0.2) is 0 Å². The number of nitrogens with one attached hydrogen (secondary N) is 1. The number of aromatic nitrogens is 1. The molecule has 0 radical (unpaired) electrons. The van der Waals surface area contributed by atoms with Crippen LogP contribution in [0.15, 0.2) is 23.0 Å². The second-order valence-corrected chi connectivity index (χ2v) is 7.81. The van der Waals surface area contributed by atoms with Crippen LogP contribution in [0, 0.1) is 19.8 Å². The maximum absolute atomic E-state index is 13.1. The number of pyridine rings is 1. The van der Waals surface area contributed by atoms with Crippen LogP contribution in [0.25, 0.3) is 0 Å². The van der Waals surface area contributed by atoms with Gasteiger partial charge in [0.2, 0.25) is 0 Å². The lowest BCUT2D eigenvalue weighted by atomic mass is 9.97. The van der Waals surface area contributed by atoms with E-state index in [9.17, 15) is 9.59 Å². The third kappa shape index (κ3) is 4.08. The van der Waals surface area contributed by atoms with E-state index in [0.29, 0.717) is 36.4 Å². The molecule has 1 unspecified atom stereocenters. The van der Waals surface area contributed by atoms with Crippen LogP contribution in [-0.2, 0) is 13.0 Å². The van der Waals surface area contributed by atoms with Crippen molar-refractivity contribution in [1.29, 1.82) is 0 Å². The van der Waals surface area contributed by atoms with Gasteiger partial charge < -0.3 is 19.7 Å². The van der Waals surface area contributed by atoms with Crippen molar-refractivity contribution in [2.45, 2.75) is 33.7 Å². The van der Waals surface area contributed by atoms with Gasteiger partial charge in [0, 0.05) is 30.3 Å². The highest BCUT2D eigenvalue weighted by Crippen LogP contribution is 2.34. The van der Waals surface area contributed by atoms with Gasteiger partial charge >= 0.3 is 0 Å². The number of benzene rings is 1. The van der Waals surface area contributed by atoms with E-state index in [4.69, 9.17) is 21.4 Å². The molecule has 0 spiro atoms. The Morgan fingerprint density at radius 1 is 1.32 bits per heavy atom. The fraction of sp³-hybridized carbons (Fsp3) is 0.429. The zero-order valence-corrected chi connectivity index (χ0v) is 17.1. The molecule has 1 aromatic heterocycles. The molecule has 1 aliphatic rings. The maximum atomic E-state index is 13.1. The van der Waals surface area contributed by atoms with Crippen molar-refractivity contribution in [3.8, 4) is 5.75 Å². The van der Waals surface area contributed by atoms with Gasteiger partial charge in [-0.1, -0.05) is 24.6 Å². The quantitative estimate of drug-likeness (QED) is 0.775. The second kappa shape index (κ2) is 8.37. The molecule has 1 aromatic carbocycles. The molecule has 28 heavy (non-hydrogen) atoms. The third-order valence-corrected chi connectivity index (χ3v) is 5.40. The molecular weight excluding hydrogens is 380 g/mol. The van der Waals surface area contributed by atoms with Crippen LogP contribution in [0.4, 0.5) is 0 Å². The average Bonchev–Trinajstić information content (AvgIpc) is 2.65. The molecule has 0 saturated heterocycles. The van der Waals surface area contributed by atoms with E-state index in [2.05, 4.69) is 4.98 Å². The number of aliphatic hydroxyl groups is 1. The first-order valence-corrected chi connectivity index (χ1v) is 9.73. The fourth-order valence-electron chi connectivity index (χ4n) is 3.37. The highest BCUT2D eigenvalue weighted by molar-refractivity contribution is 6.35. The Bertz CT molecular complexity index is 954. The standard InChI is InChI=1S/C21H25ClN2O4/c1-12(10-25)11-28-17-5-4-15-6-7-24(21(27)18(15)19(17)22)9-16-13(2)8-14(3)23-20(16)26/h4-5,8,12,25H,6-7,9-11H2,1-3H3,(H,23,26). The summed E-state index contributed by atoms with van der Waals surface area (Å²) < 4.78 is 5.69. The van der Waals surface area contributed by atoms with Crippen LogP contribution in [0.5, 0.6) is 5.75 Å². The first kappa shape index (κ1) is 20.4. The summed E-state index contributed by atoms with van der Waals surface area (Å²) in [6.07, 6.45) is 0.664. The SMILES string of the molecule is Cc1cc(C)c(CN2CCc3ccc(OCC(C)CO)c(Cl)c3C2=O)c(=O)[nH]1. The lowest BCUT2D eigenvalue weighted by Crippen LogP contribution is -2.39. The lowest BCUT2D eigenvalue weighted by molar-refractivity contribution is 0.0725. The van der Waals surface area contributed by atoms with Crippen LogP contribution in [0.3, 0.4) is 0 Å². The number of carbonyl (C=O) groups excluding carboxylic acids is 1. The molecule has 2 aromatic rings. The number of rotatable bonds is 6. The molecule has 0 saturated carbocycles. The van der Waals surface area contributed by atoms with E-state index in [1.165, 1.54) is 0 Å². The first-order chi connectivity index (χ1) is 13.3. The van der Waals surface area contributed by atoms with Crippen molar-refractivity contribution in [2.24, 2.45) is 5.92 Å². The van der Waals surface area contributed by atoms with Gasteiger partial charge in [0.25, 0.3) is 11.5 Å². The van der Waals surface area contributed by atoms with Crippen LogP contribution in [-0.4, -0.2) is 40.7 Å². The number of carbonyl (C=O) groups is 1.